The molecule has 146 valence electrons. The van der Waals surface area contributed by atoms with Crippen molar-refractivity contribution in [3.05, 3.63) is 53.1 Å². The molecule has 1 aliphatic rings. The van der Waals surface area contributed by atoms with Crippen LogP contribution in [0.4, 0.5) is 0 Å². The van der Waals surface area contributed by atoms with Crippen LogP contribution in [0.15, 0.2) is 36.4 Å². The minimum atomic E-state index is 0.145. The van der Waals surface area contributed by atoms with Crippen molar-refractivity contribution in [2.45, 2.75) is 19.4 Å². The number of nitrogens with zero attached hydrogens (tertiary/aromatic N) is 1. The van der Waals surface area contributed by atoms with Gasteiger partial charge in [0.15, 0.2) is 11.5 Å². The number of aryl methyl sites for hydroxylation is 1. The molecule has 1 N–H and O–H groups in total. The van der Waals surface area contributed by atoms with E-state index in [1.807, 2.05) is 0 Å². The van der Waals surface area contributed by atoms with Gasteiger partial charge in [0.25, 0.3) is 0 Å². The van der Waals surface area contributed by atoms with Crippen LogP contribution in [-0.4, -0.2) is 52.4 Å². The first-order chi connectivity index (χ1) is 13.2. The Kier molecular flexibility index (Phi) is 6.58. The fourth-order valence-electron chi connectivity index (χ4n) is 3.75. The molecule has 0 amide bonds. The Bertz CT molecular complexity index is 715. The molecule has 2 aromatic carbocycles. The molecule has 0 saturated carbocycles. The largest absolute Gasteiger partial charge is 0.493 e. The van der Waals surface area contributed by atoms with Crippen LogP contribution in [0.25, 0.3) is 0 Å². The predicted molar refractivity (Wildman–Crippen MR) is 108 cm³/mol. The zero-order valence-corrected chi connectivity index (χ0v) is 16.7. The van der Waals surface area contributed by atoms with Crippen molar-refractivity contribution in [3.8, 4) is 17.2 Å². The van der Waals surface area contributed by atoms with Crippen molar-refractivity contribution >= 4 is 0 Å². The number of piperazine rings is 1. The van der Waals surface area contributed by atoms with Crippen LogP contribution in [0.3, 0.4) is 0 Å². The van der Waals surface area contributed by atoms with E-state index in [-0.39, 0.29) is 6.04 Å². The molecule has 0 radical (unpaired) electrons. The van der Waals surface area contributed by atoms with Gasteiger partial charge in [0, 0.05) is 26.2 Å². The number of hydrogen-bond donors (Lipinski definition) is 1. The van der Waals surface area contributed by atoms with E-state index >= 15 is 0 Å². The molecule has 1 fully saturated rings. The molecule has 1 heterocycles. The average Bonchev–Trinajstić information content (AvgIpc) is 2.74. The predicted octanol–water partition coefficient (Wildman–Crippen LogP) is 3.27. The topological polar surface area (TPSA) is 43.0 Å². The summed E-state index contributed by atoms with van der Waals surface area (Å²) < 4.78 is 16.7. The Hall–Kier alpha value is -2.24. The summed E-state index contributed by atoms with van der Waals surface area (Å²) in [7, 11) is 4.96. The lowest BCUT2D eigenvalue weighted by molar-refractivity contribution is 0.197. The molecule has 3 rings (SSSR count). The summed E-state index contributed by atoms with van der Waals surface area (Å²) in [5.74, 6) is 2.01. The van der Waals surface area contributed by atoms with Gasteiger partial charge in [-0.1, -0.05) is 31.2 Å². The highest BCUT2D eigenvalue weighted by Crippen LogP contribution is 2.42. The van der Waals surface area contributed by atoms with E-state index in [9.17, 15) is 0 Å². The van der Waals surface area contributed by atoms with Gasteiger partial charge < -0.3 is 19.5 Å². The molecule has 5 nitrogen and oxygen atoms in total. The molecular formula is C22H30N2O3. The minimum absolute atomic E-state index is 0.145. The molecule has 5 heteroatoms. The normalized spacial score (nSPS) is 16.0. The van der Waals surface area contributed by atoms with Crippen molar-refractivity contribution in [2.75, 3.05) is 47.5 Å². The molecule has 1 aliphatic heterocycles. The van der Waals surface area contributed by atoms with Crippen LogP contribution in [0, 0.1) is 0 Å². The van der Waals surface area contributed by atoms with Gasteiger partial charge in [0.05, 0.1) is 27.4 Å². The molecule has 27 heavy (non-hydrogen) atoms. The van der Waals surface area contributed by atoms with Gasteiger partial charge in [-0.3, -0.25) is 4.90 Å². The van der Waals surface area contributed by atoms with E-state index in [4.69, 9.17) is 14.2 Å². The number of benzene rings is 2. The fraction of sp³-hybridized carbons (Fsp3) is 0.455. The van der Waals surface area contributed by atoms with Gasteiger partial charge in [-0.05, 0) is 35.2 Å². The first kappa shape index (κ1) is 19.5. The molecule has 0 aromatic heterocycles. The van der Waals surface area contributed by atoms with Crippen LogP contribution >= 0.6 is 0 Å². The van der Waals surface area contributed by atoms with Crippen molar-refractivity contribution in [1.29, 1.82) is 0 Å². The first-order valence-electron chi connectivity index (χ1n) is 9.55. The van der Waals surface area contributed by atoms with Gasteiger partial charge in [-0.25, -0.2) is 0 Å². The maximum atomic E-state index is 5.59. The molecule has 0 spiro atoms. The summed E-state index contributed by atoms with van der Waals surface area (Å²) in [6.07, 6.45) is 1.04. The summed E-state index contributed by atoms with van der Waals surface area (Å²) in [4.78, 5) is 2.51. The third kappa shape index (κ3) is 4.20. The average molecular weight is 370 g/mol. The molecule has 1 unspecified atom stereocenters. The molecule has 0 bridgehead atoms. The first-order valence-corrected chi connectivity index (χ1v) is 9.55. The molecular weight excluding hydrogens is 340 g/mol. The quantitative estimate of drug-likeness (QED) is 0.810. The van der Waals surface area contributed by atoms with Crippen molar-refractivity contribution in [1.82, 2.24) is 10.2 Å². The number of rotatable bonds is 7. The van der Waals surface area contributed by atoms with Gasteiger partial charge in [0.2, 0.25) is 5.75 Å². The lowest BCUT2D eigenvalue weighted by Crippen LogP contribution is -2.45. The summed E-state index contributed by atoms with van der Waals surface area (Å²) in [6.45, 7) is 6.16. The van der Waals surface area contributed by atoms with Crippen molar-refractivity contribution < 1.29 is 14.2 Å². The SMILES string of the molecule is CCc1ccc(C(c2cc(OC)c(OC)c(OC)c2)N2CCNCC2)cc1. The Morgan fingerprint density at radius 1 is 0.889 bits per heavy atom. The lowest BCUT2D eigenvalue weighted by Gasteiger charge is -2.36. The second kappa shape index (κ2) is 9.11. The highest BCUT2D eigenvalue weighted by Gasteiger charge is 2.26. The van der Waals surface area contributed by atoms with Gasteiger partial charge in [-0.15, -0.1) is 0 Å². The zero-order chi connectivity index (χ0) is 19.2. The van der Waals surface area contributed by atoms with Crippen molar-refractivity contribution in [2.24, 2.45) is 0 Å². The van der Waals surface area contributed by atoms with E-state index in [1.54, 1.807) is 21.3 Å². The molecule has 1 atom stereocenters. The number of hydrogen-bond acceptors (Lipinski definition) is 5. The summed E-state index contributed by atoms with van der Waals surface area (Å²) in [5.41, 5.74) is 3.78. The highest BCUT2D eigenvalue weighted by molar-refractivity contribution is 5.55. The number of ether oxygens (including phenoxy) is 3. The summed E-state index contributed by atoms with van der Waals surface area (Å²) in [5, 5.41) is 3.44. The summed E-state index contributed by atoms with van der Waals surface area (Å²) in [6, 6.07) is 13.2. The maximum Gasteiger partial charge on any atom is 0.203 e. The maximum absolute atomic E-state index is 5.59. The highest BCUT2D eigenvalue weighted by atomic mass is 16.5. The fourth-order valence-corrected chi connectivity index (χ4v) is 3.75. The van der Waals surface area contributed by atoms with Crippen LogP contribution < -0.4 is 19.5 Å². The molecule has 1 saturated heterocycles. The third-order valence-electron chi connectivity index (χ3n) is 5.22. The van der Waals surface area contributed by atoms with Crippen LogP contribution in [0.2, 0.25) is 0 Å². The van der Waals surface area contributed by atoms with E-state index in [0.717, 1.165) is 38.2 Å². The van der Waals surface area contributed by atoms with Gasteiger partial charge in [-0.2, -0.15) is 0 Å². The van der Waals surface area contributed by atoms with E-state index in [2.05, 4.69) is 53.5 Å². The van der Waals surface area contributed by atoms with Crippen molar-refractivity contribution in [3.63, 3.8) is 0 Å². The monoisotopic (exact) mass is 370 g/mol. The van der Waals surface area contributed by atoms with Crippen LogP contribution in [0.5, 0.6) is 17.2 Å². The van der Waals surface area contributed by atoms with Crippen LogP contribution in [0.1, 0.15) is 29.7 Å². The second-order valence-corrected chi connectivity index (χ2v) is 6.74. The summed E-state index contributed by atoms with van der Waals surface area (Å²) >= 11 is 0. The minimum Gasteiger partial charge on any atom is -0.493 e. The Labute approximate surface area is 162 Å². The smallest absolute Gasteiger partial charge is 0.203 e. The van der Waals surface area contributed by atoms with Crippen LogP contribution in [-0.2, 0) is 6.42 Å². The Morgan fingerprint density at radius 2 is 1.48 bits per heavy atom. The zero-order valence-electron chi connectivity index (χ0n) is 16.7. The Morgan fingerprint density at radius 3 is 1.96 bits per heavy atom. The number of nitrogens with one attached hydrogen (secondary N) is 1. The molecule has 2 aromatic rings. The third-order valence-corrected chi connectivity index (χ3v) is 5.22. The Balaban J connectivity index is 2.08. The van der Waals surface area contributed by atoms with E-state index in [0.29, 0.717) is 17.2 Å². The van der Waals surface area contributed by atoms with Gasteiger partial charge >= 0.3 is 0 Å². The van der Waals surface area contributed by atoms with E-state index in [1.165, 1.54) is 11.1 Å². The number of methoxy groups -OCH3 is 3. The standard InChI is InChI=1S/C22H30N2O3/c1-5-16-6-8-17(9-7-16)21(24-12-10-23-11-13-24)18-14-19(25-2)22(27-4)20(15-18)26-3/h6-9,14-15,21,23H,5,10-13H2,1-4H3. The lowest BCUT2D eigenvalue weighted by atomic mass is 9.94. The molecule has 0 aliphatic carbocycles. The van der Waals surface area contributed by atoms with E-state index < -0.39 is 0 Å². The second-order valence-electron chi connectivity index (χ2n) is 6.74. The van der Waals surface area contributed by atoms with Gasteiger partial charge in [0.1, 0.15) is 0 Å².